The van der Waals surface area contributed by atoms with Crippen LogP contribution in [0, 0.1) is 11.7 Å². The molecule has 1 amide bonds. The summed E-state index contributed by atoms with van der Waals surface area (Å²) in [6, 6.07) is 4.65. The van der Waals surface area contributed by atoms with Gasteiger partial charge in [-0.05, 0) is 48.7 Å². The van der Waals surface area contributed by atoms with Gasteiger partial charge >= 0.3 is 0 Å². The zero-order valence-corrected chi connectivity index (χ0v) is 13.0. The van der Waals surface area contributed by atoms with Crippen molar-refractivity contribution < 1.29 is 9.18 Å². The second-order valence-electron chi connectivity index (χ2n) is 6.37. The van der Waals surface area contributed by atoms with Crippen molar-refractivity contribution in [3.05, 3.63) is 54.0 Å². The van der Waals surface area contributed by atoms with Crippen molar-refractivity contribution in [2.75, 3.05) is 5.32 Å². The summed E-state index contributed by atoms with van der Waals surface area (Å²) in [4.78, 5) is 10.7. The number of dihydropyridines is 1. The topological polar surface area (TPSA) is 67.1 Å². The summed E-state index contributed by atoms with van der Waals surface area (Å²) in [6.45, 7) is 0. The first kappa shape index (κ1) is 15.7. The predicted molar refractivity (Wildman–Crippen MR) is 89.1 cm³/mol. The van der Waals surface area contributed by atoms with Gasteiger partial charge in [0.2, 0.25) is 6.41 Å². The Morgan fingerprint density at radius 2 is 2.22 bits per heavy atom. The number of carbonyl (C=O) groups excluding carboxylic acids is 1. The first-order valence-corrected chi connectivity index (χ1v) is 8.02. The van der Waals surface area contributed by atoms with Crippen LogP contribution < -0.4 is 16.4 Å². The Morgan fingerprint density at radius 1 is 1.39 bits per heavy atom. The summed E-state index contributed by atoms with van der Waals surface area (Å²) >= 11 is 0. The summed E-state index contributed by atoms with van der Waals surface area (Å²) in [5.74, 6) is 0.298. The summed E-state index contributed by atoms with van der Waals surface area (Å²) in [6.07, 6.45) is 12.7. The lowest BCUT2D eigenvalue weighted by molar-refractivity contribution is -0.105. The largest absolute Gasteiger partial charge is 0.382 e. The van der Waals surface area contributed by atoms with Crippen LogP contribution >= 0.6 is 0 Å². The molecule has 23 heavy (non-hydrogen) atoms. The van der Waals surface area contributed by atoms with E-state index in [4.69, 9.17) is 5.73 Å². The van der Waals surface area contributed by atoms with E-state index in [0.717, 1.165) is 24.3 Å². The number of hydrogen-bond donors (Lipinski definition) is 3. The lowest BCUT2D eigenvalue weighted by Gasteiger charge is -2.38. The molecule has 1 aliphatic heterocycles. The molecule has 0 saturated heterocycles. The van der Waals surface area contributed by atoms with Crippen molar-refractivity contribution in [2.24, 2.45) is 11.7 Å². The molecule has 0 aromatic heterocycles. The van der Waals surface area contributed by atoms with E-state index in [0.29, 0.717) is 6.41 Å². The molecule has 0 spiro atoms. The van der Waals surface area contributed by atoms with Gasteiger partial charge in [0, 0.05) is 0 Å². The molecular weight excluding hydrogens is 293 g/mol. The van der Waals surface area contributed by atoms with Crippen LogP contribution in [0.15, 0.2) is 42.6 Å². The fourth-order valence-corrected chi connectivity index (χ4v) is 3.08. The molecule has 2 aliphatic rings. The molecule has 0 radical (unpaired) electrons. The van der Waals surface area contributed by atoms with E-state index in [1.807, 2.05) is 24.4 Å². The second-order valence-corrected chi connectivity index (χ2v) is 6.37. The minimum atomic E-state index is -0.656. The number of carbonyl (C=O) groups is 1. The molecule has 1 aliphatic carbocycles. The van der Waals surface area contributed by atoms with Gasteiger partial charge in [-0.1, -0.05) is 31.1 Å². The van der Waals surface area contributed by atoms with Crippen molar-refractivity contribution in [1.29, 1.82) is 0 Å². The summed E-state index contributed by atoms with van der Waals surface area (Å²) < 4.78 is 13.8. The Morgan fingerprint density at radius 3 is 2.87 bits per heavy atom. The van der Waals surface area contributed by atoms with Gasteiger partial charge in [-0.3, -0.25) is 4.79 Å². The van der Waals surface area contributed by atoms with Crippen molar-refractivity contribution >= 4 is 12.1 Å². The zero-order chi connectivity index (χ0) is 16.3. The average molecular weight is 315 g/mol. The Bertz CT molecular complexity index is 639. The average Bonchev–Trinajstić information content (AvgIpc) is 3.40. The number of halogens is 1. The molecule has 1 aromatic rings. The van der Waals surface area contributed by atoms with E-state index in [1.54, 1.807) is 12.1 Å². The highest BCUT2D eigenvalue weighted by Gasteiger charge is 2.37. The van der Waals surface area contributed by atoms with Gasteiger partial charge in [0.25, 0.3) is 0 Å². The molecule has 0 bridgehead atoms. The smallest absolute Gasteiger partial charge is 0.211 e. The lowest BCUT2D eigenvalue weighted by atomic mass is 9.78. The predicted octanol–water partition coefficient (Wildman–Crippen LogP) is 2.78. The minimum Gasteiger partial charge on any atom is -0.382 e. The minimum absolute atomic E-state index is 0.0687. The standard InChI is InChI=1S/C18H22FN3O/c19-15-7-6-14(11-16(15)22-12-23)18(20,9-8-13-4-5-13)17-3-1-2-10-21-17/h1-3,6-7,10-13,17,21H,4-5,8-9,20H2,(H,22,23). The number of nitrogens with one attached hydrogen (secondary N) is 2. The van der Waals surface area contributed by atoms with Crippen LogP contribution in [0.2, 0.25) is 0 Å². The van der Waals surface area contributed by atoms with Gasteiger partial charge in [-0.2, -0.15) is 0 Å². The number of anilines is 1. The van der Waals surface area contributed by atoms with E-state index < -0.39 is 11.4 Å². The van der Waals surface area contributed by atoms with E-state index in [1.165, 1.54) is 18.9 Å². The highest BCUT2D eigenvalue weighted by molar-refractivity contribution is 5.72. The monoisotopic (exact) mass is 315 g/mol. The number of rotatable bonds is 7. The van der Waals surface area contributed by atoms with E-state index in [9.17, 15) is 9.18 Å². The highest BCUT2D eigenvalue weighted by atomic mass is 19.1. The Hall–Kier alpha value is -2.14. The number of nitrogens with two attached hydrogens (primary N) is 1. The molecule has 3 rings (SSSR count). The van der Waals surface area contributed by atoms with E-state index in [2.05, 4.69) is 10.6 Å². The van der Waals surface area contributed by atoms with Crippen LogP contribution in [0.4, 0.5) is 10.1 Å². The SMILES string of the molecule is NC(CCC1CC1)(c1ccc(F)c(NC=O)c1)C1C=CC=CN1. The number of hydrogen-bond acceptors (Lipinski definition) is 3. The lowest BCUT2D eigenvalue weighted by Crippen LogP contribution is -2.53. The number of amides is 1. The molecule has 122 valence electrons. The first-order valence-electron chi connectivity index (χ1n) is 8.02. The Labute approximate surface area is 135 Å². The van der Waals surface area contributed by atoms with Crippen molar-refractivity contribution in [3.63, 3.8) is 0 Å². The second kappa shape index (κ2) is 6.54. The van der Waals surface area contributed by atoms with Crippen LogP contribution in [-0.4, -0.2) is 12.5 Å². The fraction of sp³-hybridized carbons (Fsp3) is 0.389. The Kier molecular flexibility index (Phi) is 4.48. The third kappa shape index (κ3) is 3.45. The fourth-order valence-electron chi connectivity index (χ4n) is 3.08. The van der Waals surface area contributed by atoms with Crippen molar-refractivity contribution in [2.45, 2.75) is 37.3 Å². The van der Waals surface area contributed by atoms with E-state index >= 15 is 0 Å². The van der Waals surface area contributed by atoms with Gasteiger partial charge in [0.05, 0.1) is 17.3 Å². The molecule has 1 saturated carbocycles. The van der Waals surface area contributed by atoms with Crippen molar-refractivity contribution in [1.82, 2.24) is 5.32 Å². The van der Waals surface area contributed by atoms with Gasteiger partial charge < -0.3 is 16.4 Å². The summed E-state index contributed by atoms with van der Waals surface area (Å²) in [5.41, 5.74) is 7.13. The third-order valence-electron chi connectivity index (χ3n) is 4.72. The summed E-state index contributed by atoms with van der Waals surface area (Å²) in [7, 11) is 0. The molecule has 1 fully saturated rings. The first-order chi connectivity index (χ1) is 11.1. The maximum Gasteiger partial charge on any atom is 0.211 e. The van der Waals surface area contributed by atoms with Gasteiger partial charge in [0.15, 0.2) is 0 Å². The molecule has 5 heteroatoms. The van der Waals surface area contributed by atoms with Gasteiger partial charge in [-0.15, -0.1) is 0 Å². The highest BCUT2D eigenvalue weighted by Crippen LogP contribution is 2.39. The van der Waals surface area contributed by atoms with Crippen LogP contribution in [-0.2, 0) is 10.3 Å². The van der Waals surface area contributed by atoms with Crippen LogP contribution in [0.1, 0.15) is 31.2 Å². The third-order valence-corrected chi connectivity index (χ3v) is 4.72. The van der Waals surface area contributed by atoms with Crippen LogP contribution in [0.3, 0.4) is 0 Å². The van der Waals surface area contributed by atoms with E-state index in [-0.39, 0.29) is 11.7 Å². The Balaban J connectivity index is 1.92. The normalized spacial score (nSPS) is 22.3. The number of allylic oxidation sites excluding steroid dienone is 2. The van der Waals surface area contributed by atoms with Crippen LogP contribution in [0.25, 0.3) is 0 Å². The molecule has 2 unspecified atom stereocenters. The molecular formula is C18H22FN3O. The number of benzene rings is 1. The maximum atomic E-state index is 13.8. The maximum absolute atomic E-state index is 13.8. The van der Waals surface area contributed by atoms with Crippen molar-refractivity contribution in [3.8, 4) is 0 Å². The quantitative estimate of drug-likeness (QED) is 0.678. The molecule has 1 heterocycles. The molecule has 4 nitrogen and oxygen atoms in total. The van der Waals surface area contributed by atoms with Gasteiger partial charge in [-0.25, -0.2) is 4.39 Å². The van der Waals surface area contributed by atoms with Gasteiger partial charge in [0.1, 0.15) is 5.82 Å². The molecule has 2 atom stereocenters. The molecule has 4 N–H and O–H groups in total. The molecule has 1 aromatic carbocycles. The van der Waals surface area contributed by atoms with Crippen LogP contribution in [0.5, 0.6) is 0 Å². The summed E-state index contributed by atoms with van der Waals surface area (Å²) in [5, 5.41) is 5.70. The zero-order valence-electron chi connectivity index (χ0n) is 13.0.